The van der Waals surface area contributed by atoms with Gasteiger partial charge in [0.25, 0.3) is 5.91 Å². The van der Waals surface area contributed by atoms with Gasteiger partial charge in [-0.25, -0.2) is 0 Å². The first-order valence-electron chi connectivity index (χ1n) is 27.8. The molecular formula is C57H111NO7. The molecule has 1 amide bonds. The standard InChI is InChI=1S/C57H111NO7/c1-12-15-17-19-21-23-25-27-29-31-33-35-37-39-41-43-51(59)63-47-50(65-52(60)44-42-40-38-36-34-32-30-28-26-24-22-20-18-16-13-2)53(61)58-55(6,7)48-54(4,5)49-57(10,14-3)64-46-45-56(8,9)62-11/h50H,12-49H2,1-11H3,(H,58,61). The van der Waals surface area contributed by atoms with Crippen LogP contribution in [-0.2, 0) is 33.3 Å². The SMILES string of the molecule is CCCCCCCCCCCCCCCCCC(=O)OCC(OC(=O)CCCCCCCCCCCCCCCCC)C(=O)NC(C)(C)CC(C)(C)CC(C)(CC)OCCC(C)(C)OC. The molecule has 0 saturated heterocycles. The number of amides is 1. The van der Waals surface area contributed by atoms with Crippen molar-refractivity contribution >= 4 is 17.8 Å². The predicted molar refractivity (Wildman–Crippen MR) is 276 cm³/mol. The van der Waals surface area contributed by atoms with Crippen LogP contribution < -0.4 is 5.32 Å². The smallest absolute Gasteiger partial charge is 0.306 e. The van der Waals surface area contributed by atoms with E-state index >= 15 is 0 Å². The Hall–Kier alpha value is -1.67. The van der Waals surface area contributed by atoms with Crippen molar-refractivity contribution in [3.05, 3.63) is 0 Å². The van der Waals surface area contributed by atoms with Gasteiger partial charge in [-0.3, -0.25) is 14.4 Å². The van der Waals surface area contributed by atoms with Crippen molar-refractivity contribution in [2.75, 3.05) is 20.3 Å². The third kappa shape index (κ3) is 38.9. The molecule has 0 bridgehead atoms. The second kappa shape index (κ2) is 39.2. The molecule has 0 aromatic heterocycles. The molecule has 8 heteroatoms. The van der Waals surface area contributed by atoms with Gasteiger partial charge < -0.3 is 24.3 Å². The predicted octanol–water partition coefficient (Wildman–Crippen LogP) is 16.7. The number of unbranched alkanes of at least 4 members (excludes halogenated alkanes) is 28. The van der Waals surface area contributed by atoms with E-state index in [1.54, 1.807) is 7.11 Å². The quantitative estimate of drug-likeness (QED) is 0.0479. The molecule has 8 nitrogen and oxygen atoms in total. The lowest BCUT2D eigenvalue weighted by molar-refractivity contribution is -0.165. The van der Waals surface area contributed by atoms with Crippen molar-refractivity contribution in [1.82, 2.24) is 5.32 Å². The zero-order valence-corrected chi connectivity index (χ0v) is 45.3. The molecule has 0 saturated carbocycles. The van der Waals surface area contributed by atoms with Gasteiger partial charge in [0.1, 0.15) is 6.61 Å². The highest BCUT2D eigenvalue weighted by Gasteiger charge is 2.38. The molecule has 0 rings (SSSR count). The number of methoxy groups -OCH3 is 1. The van der Waals surface area contributed by atoms with E-state index in [9.17, 15) is 14.4 Å². The molecule has 386 valence electrons. The van der Waals surface area contributed by atoms with Crippen LogP contribution in [0.5, 0.6) is 0 Å². The van der Waals surface area contributed by atoms with Gasteiger partial charge in [-0.15, -0.1) is 0 Å². The number of esters is 2. The maximum absolute atomic E-state index is 13.9. The van der Waals surface area contributed by atoms with Gasteiger partial charge >= 0.3 is 11.9 Å². The molecule has 0 aromatic rings. The van der Waals surface area contributed by atoms with Gasteiger partial charge in [-0.2, -0.15) is 0 Å². The molecule has 0 aliphatic heterocycles. The first kappa shape index (κ1) is 63.3. The number of hydrogen-bond acceptors (Lipinski definition) is 7. The van der Waals surface area contributed by atoms with Crippen molar-refractivity contribution in [2.45, 2.75) is 323 Å². The van der Waals surface area contributed by atoms with Crippen LogP contribution in [0.3, 0.4) is 0 Å². The number of carbonyl (C=O) groups excluding carboxylic acids is 3. The van der Waals surface area contributed by atoms with Crippen LogP contribution in [0, 0.1) is 5.41 Å². The maximum atomic E-state index is 13.9. The molecule has 0 aliphatic carbocycles. The van der Waals surface area contributed by atoms with Crippen LogP contribution >= 0.6 is 0 Å². The highest BCUT2D eigenvalue weighted by atomic mass is 16.6. The Morgan fingerprint density at radius 3 is 1.23 bits per heavy atom. The number of carbonyl (C=O) groups is 3. The third-order valence-corrected chi connectivity index (χ3v) is 13.6. The fourth-order valence-corrected chi connectivity index (χ4v) is 9.56. The van der Waals surface area contributed by atoms with Crippen LogP contribution in [-0.4, -0.2) is 61.0 Å². The van der Waals surface area contributed by atoms with Gasteiger partial charge in [0, 0.05) is 25.5 Å². The van der Waals surface area contributed by atoms with E-state index in [2.05, 4.69) is 60.7 Å². The number of ether oxygens (including phenoxy) is 4. The zero-order chi connectivity index (χ0) is 48.7. The summed E-state index contributed by atoms with van der Waals surface area (Å²) in [6.45, 7) is 21.8. The molecule has 2 atom stereocenters. The zero-order valence-electron chi connectivity index (χ0n) is 45.3. The van der Waals surface area contributed by atoms with Crippen LogP contribution in [0.2, 0.25) is 0 Å². The Balaban J connectivity index is 5.01. The first-order chi connectivity index (χ1) is 30.9. The van der Waals surface area contributed by atoms with Crippen LogP contribution in [0.15, 0.2) is 0 Å². The van der Waals surface area contributed by atoms with Crippen LogP contribution in [0.1, 0.15) is 300 Å². The highest BCUT2D eigenvalue weighted by molar-refractivity contribution is 5.84. The number of rotatable bonds is 47. The van der Waals surface area contributed by atoms with Crippen LogP contribution in [0.4, 0.5) is 0 Å². The molecule has 0 heterocycles. The van der Waals surface area contributed by atoms with Crippen molar-refractivity contribution < 1.29 is 33.3 Å². The monoisotopic (exact) mass is 922 g/mol. The summed E-state index contributed by atoms with van der Waals surface area (Å²) in [5.41, 5.74) is -1.39. The molecule has 65 heavy (non-hydrogen) atoms. The van der Waals surface area contributed by atoms with E-state index in [-0.39, 0.29) is 35.6 Å². The van der Waals surface area contributed by atoms with E-state index in [1.165, 1.54) is 154 Å². The van der Waals surface area contributed by atoms with E-state index in [0.29, 0.717) is 19.4 Å². The Morgan fingerprint density at radius 2 is 0.862 bits per heavy atom. The van der Waals surface area contributed by atoms with Gasteiger partial charge in [-0.05, 0) is 78.6 Å². The molecule has 0 fully saturated rings. The fourth-order valence-electron chi connectivity index (χ4n) is 9.56. The summed E-state index contributed by atoms with van der Waals surface area (Å²) >= 11 is 0. The third-order valence-electron chi connectivity index (χ3n) is 13.6. The summed E-state index contributed by atoms with van der Waals surface area (Å²) in [6.07, 6.45) is 40.2. The molecule has 0 radical (unpaired) electrons. The van der Waals surface area contributed by atoms with Crippen molar-refractivity contribution in [2.24, 2.45) is 5.41 Å². The summed E-state index contributed by atoms with van der Waals surface area (Å²) in [5.74, 6) is -1.18. The van der Waals surface area contributed by atoms with Crippen molar-refractivity contribution in [1.29, 1.82) is 0 Å². The molecule has 0 aromatic carbocycles. The molecular weight excluding hydrogens is 811 g/mol. The summed E-state index contributed by atoms with van der Waals surface area (Å²) in [4.78, 5) is 39.9. The average Bonchev–Trinajstić information content (AvgIpc) is 3.24. The molecule has 1 N–H and O–H groups in total. The summed E-state index contributed by atoms with van der Waals surface area (Å²) in [6, 6.07) is 0. The second-order valence-corrected chi connectivity index (χ2v) is 22.3. The summed E-state index contributed by atoms with van der Waals surface area (Å²) < 4.78 is 23.5. The van der Waals surface area contributed by atoms with Crippen molar-refractivity contribution in [3.63, 3.8) is 0 Å². The first-order valence-corrected chi connectivity index (χ1v) is 27.8. The normalized spacial score (nSPS) is 13.7. The molecule has 2 unspecified atom stereocenters. The minimum Gasteiger partial charge on any atom is -0.461 e. The lowest BCUT2D eigenvalue weighted by Gasteiger charge is -2.42. The Labute approximate surface area is 404 Å². The van der Waals surface area contributed by atoms with Gasteiger partial charge in [0.15, 0.2) is 0 Å². The highest BCUT2D eigenvalue weighted by Crippen LogP contribution is 2.39. The summed E-state index contributed by atoms with van der Waals surface area (Å²) in [7, 11) is 1.73. The maximum Gasteiger partial charge on any atom is 0.306 e. The Bertz CT molecular complexity index is 1150. The molecule has 0 spiro atoms. The van der Waals surface area contributed by atoms with Crippen molar-refractivity contribution in [3.8, 4) is 0 Å². The van der Waals surface area contributed by atoms with E-state index in [1.807, 2.05) is 13.8 Å². The Morgan fingerprint density at radius 1 is 0.492 bits per heavy atom. The summed E-state index contributed by atoms with van der Waals surface area (Å²) in [5, 5.41) is 3.17. The minimum atomic E-state index is -1.19. The van der Waals surface area contributed by atoms with Crippen LogP contribution in [0.25, 0.3) is 0 Å². The molecule has 0 aliphatic rings. The van der Waals surface area contributed by atoms with Gasteiger partial charge in [0.2, 0.25) is 6.10 Å². The largest absolute Gasteiger partial charge is 0.461 e. The number of hydrogen-bond donors (Lipinski definition) is 1. The number of nitrogens with one attached hydrogen (secondary N) is 1. The van der Waals surface area contributed by atoms with Gasteiger partial charge in [0.05, 0.1) is 17.8 Å². The Kier molecular flexibility index (Phi) is 38.2. The van der Waals surface area contributed by atoms with E-state index in [4.69, 9.17) is 18.9 Å². The fraction of sp³-hybridized carbons (Fsp3) is 0.947. The van der Waals surface area contributed by atoms with E-state index in [0.717, 1.165) is 57.8 Å². The topological polar surface area (TPSA) is 100 Å². The second-order valence-electron chi connectivity index (χ2n) is 22.3. The van der Waals surface area contributed by atoms with Gasteiger partial charge in [-0.1, -0.05) is 214 Å². The van der Waals surface area contributed by atoms with E-state index < -0.39 is 23.5 Å². The lowest BCUT2D eigenvalue weighted by atomic mass is 9.72. The average molecular weight is 923 g/mol. The minimum absolute atomic E-state index is 0.183. The lowest BCUT2D eigenvalue weighted by Crippen LogP contribution is -2.52.